The highest BCUT2D eigenvalue weighted by Gasteiger charge is 2.14. The van der Waals surface area contributed by atoms with E-state index in [1.54, 1.807) is 47.7 Å². The van der Waals surface area contributed by atoms with Gasteiger partial charge in [0.05, 0.1) is 10.9 Å². The van der Waals surface area contributed by atoms with E-state index in [1.165, 1.54) is 0 Å². The van der Waals surface area contributed by atoms with E-state index in [9.17, 15) is 4.79 Å². The van der Waals surface area contributed by atoms with Gasteiger partial charge in [-0.2, -0.15) is 0 Å². The molecule has 0 unspecified atom stereocenters. The number of fused-ring (bicyclic) bond motifs is 1. The van der Waals surface area contributed by atoms with Crippen LogP contribution in [0.1, 0.15) is 21.5 Å². The van der Waals surface area contributed by atoms with Gasteiger partial charge in [-0.05, 0) is 47.7 Å². The number of thiophene rings is 1. The summed E-state index contributed by atoms with van der Waals surface area (Å²) >= 11 is 13.8. The molecule has 0 bridgehead atoms. The summed E-state index contributed by atoms with van der Waals surface area (Å²) in [6, 6.07) is 11.9. The van der Waals surface area contributed by atoms with Crippen molar-refractivity contribution in [1.82, 2.24) is 9.97 Å². The first-order chi connectivity index (χ1) is 13.9. The number of rotatable bonds is 5. The maximum absolute atomic E-state index is 11.1. The number of aryl methyl sites for hydroxylation is 1. The summed E-state index contributed by atoms with van der Waals surface area (Å²) in [6.07, 6.45) is 0. The van der Waals surface area contributed by atoms with Crippen molar-refractivity contribution in [1.29, 1.82) is 0 Å². The summed E-state index contributed by atoms with van der Waals surface area (Å²) in [4.78, 5) is 21.3. The molecule has 0 saturated heterocycles. The number of carboxylic acid groups (broad SMARTS) is 1. The molecule has 0 spiro atoms. The lowest BCUT2D eigenvalue weighted by molar-refractivity contribution is 0.0697. The molecule has 0 atom stereocenters. The van der Waals surface area contributed by atoms with Gasteiger partial charge in [-0.25, -0.2) is 14.8 Å². The van der Waals surface area contributed by atoms with Crippen LogP contribution in [0.15, 0.2) is 47.8 Å². The first-order valence-corrected chi connectivity index (χ1v) is 10.3. The summed E-state index contributed by atoms with van der Waals surface area (Å²) in [6.45, 7) is 2.50. The average Bonchev–Trinajstić information content (AvgIpc) is 3.08. The molecule has 4 rings (SSSR count). The Hall–Kier alpha value is -2.67. The number of anilines is 1. The highest BCUT2D eigenvalue weighted by Crippen LogP contribution is 2.32. The molecule has 0 saturated carbocycles. The molecule has 0 aliphatic carbocycles. The van der Waals surface area contributed by atoms with E-state index in [-0.39, 0.29) is 5.56 Å². The van der Waals surface area contributed by atoms with Crippen LogP contribution in [0.2, 0.25) is 10.0 Å². The molecule has 4 aromatic rings. The number of carboxylic acids is 1. The van der Waals surface area contributed by atoms with E-state index in [1.807, 2.05) is 18.4 Å². The molecule has 2 heterocycles. The second-order valence-corrected chi connectivity index (χ2v) is 8.17. The zero-order chi connectivity index (χ0) is 20.5. The Morgan fingerprint density at radius 3 is 2.59 bits per heavy atom. The molecule has 29 heavy (non-hydrogen) atoms. The Labute approximate surface area is 181 Å². The van der Waals surface area contributed by atoms with Crippen LogP contribution in [-0.4, -0.2) is 21.0 Å². The van der Waals surface area contributed by atoms with Crippen LogP contribution in [0, 0.1) is 6.92 Å². The number of halogens is 2. The lowest BCUT2D eigenvalue weighted by atomic mass is 10.1. The third-order valence-corrected chi connectivity index (χ3v) is 6.05. The molecule has 2 aromatic heterocycles. The summed E-state index contributed by atoms with van der Waals surface area (Å²) < 4.78 is 0. The fraction of sp³-hybridized carbons (Fsp3) is 0.0952. The van der Waals surface area contributed by atoms with Gasteiger partial charge in [0, 0.05) is 22.2 Å². The molecule has 146 valence electrons. The lowest BCUT2D eigenvalue weighted by Crippen LogP contribution is -2.04. The number of carbonyl (C=O) groups is 1. The van der Waals surface area contributed by atoms with E-state index in [0.717, 1.165) is 26.9 Å². The molecule has 2 aromatic carbocycles. The topological polar surface area (TPSA) is 75.1 Å². The van der Waals surface area contributed by atoms with Gasteiger partial charge in [0.15, 0.2) is 5.82 Å². The van der Waals surface area contributed by atoms with Gasteiger partial charge in [0.2, 0.25) is 0 Å². The normalized spacial score (nSPS) is 11.0. The molecule has 8 heteroatoms. The van der Waals surface area contributed by atoms with Crippen LogP contribution in [0.3, 0.4) is 0 Å². The Morgan fingerprint density at radius 2 is 1.90 bits per heavy atom. The molecule has 2 N–H and O–H groups in total. The first-order valence-electron chi connectivity index (χ1n) is 8.70. The Bertz CT molecular complexity index is 1220. The van der Waals surface area contributed by atoms with Crippen LogP contribution in [0.5, 0.6) is 0 Å². The van der Waals surface area contributed by atoms with Crippen molar-refractivity contribution < 1.29 is 9.90 Å². The SMILES string of the molecule is Cc1csc2nc(-c3ccc(C(=O)O)cc3)nc(NCc3ccc(Cl)cc3Cl)c12. The monoisotopic (exact) mass is 443 g/mol. The van der Waals surface area contributed by atoms with Gasteiger partial charge in [0.1, 0.15) is 10.6 Å². The minimum Gasteiger partial charge on any atom is -0.478 e. The van der Waals surface area contributed by atoms with E-state index in [0.29, 0.717) is 28.2 Å². The highest BCUT2D eigenvalue weighted by atomic mass is 35.5. The summed E-state index contributed by atoms with van der Waals surface area (Å²) in [5.41, 5.74) is 2.96. The number of hydrogen-bond acceptors (Lipinski definition) is 5. The van der Waals surface area contributed by atoms with Crippen LogP contribution in [-0.2, 0) is 6.54 Å². The molecule has 0 radical (unpaired) electrons. The highest BCUT2D eigenvalue weighted by molar-refractivity contribution is 7.17. The molecule has 0 fully saturated rings. The number of aromatic carboxylic acids is 1. The second kappa shape index (κ2) is 7.99. The summed E-state index contributed by atoms with van der Waals surface area (Å²) in [5, 5.41) is 16.6. The lowest BCUT2D eigenvalue weighted by Gasteiger charge is -2.11. The summed E-state index contributed by atoms with van der Waals surface area (Å²) in [5.74, 6) is 0.266. The van der Waals surface area contributed by atoms with Crippen LogP contribution < -0.4 is 5.32 Å². The molecule has 0 aliphatic rings. The maximum atomic E-state index is 11.1. The predicted molar refractivity (Wildman–Crippen MR) is 118 cm³/mol. The molecule has 0 amide bonds. The standard InChI is InChI=1S/C21H15Cl2N3O2S/c1-11-10-29-20-17(11)19(24-9-14-6-7-15(22)8-16(14)23)25-18(26-20)12-2-4-13(5-3-12)21(27)28/h2-8,10H,9H2,1H3,(H,27,28)(H,24,25,26). The third-order valence-electron chi connectivity index (χ3n) is 4.47. The van der Waals surface area contributed by atoms with Crippen LogP contribution in [0.25, 0.3) is 21.6 Å². The van der Waals surface area contributed by atoms with Gasteiger partial charge in [-0.3, -0.25) is 0 Å². The largest absolute Gasteiger partial charge is 0.478 e. The molecular formula is C21H15Cl2N3O2S. The number of benzene rings is 2. The zero-order valence-electron chi connectivity index (χ0n) is 15.2. The minimum absolute atomic E-state index is 0.220. The zero-order valence-corrected chi connectivity index (χ0v) is 17.6. The van der Waals surface area contributed by atoms with Crippen molar-refractivity contribution in [3.05, 3.63) is 74.6 Å². The van der Waals surface area contributed by atoms with Crippen LogP contribution >= 0.6 is 34.5 Å². The quantitative estimate of drug-likeness (QED) is 0.379. The smallest absolute Gasteiger partial charge is 0.335 e. The van der Waals surface area contributed by atoms with Gasteiger partial charge in [-0.1, -0.05) is 41.4 Å². The van der Waals surface area contributed by atoms with Crippen molar-refractivity contribution in [2.45, 2.75) is 13.5 Å². The fourth-order valence-corrected chi connectivity index (χ4v) is 4.34. The van der Waals surface area contributed by atoms with Crippen molar-refractivity contribution in [3.8, 4) is 11.4 Å². The molecule has 5 nitrogen and oxygen atoms in total. The van der Waals surface area contributed by atoms with Gasteiger partial charge in [0.25, 0.3) is 0 Å². The molecular weight excluding hydrogens is 429 g/mol. The molecule has 0 aliphatic heterocycles. The Balaban J connectivity index is 1.72. The van der Waals surface area contributed by atoms with Gasteiger partial charge < -0.3 is 10.4 Å². The average molecular weight is 444 g/mol. The number of nitrogens with one attached hydrogen (secondary N) is 1. The number of aromatic nitrogens is 2. The van der Waals surface area contributed by atoms with Crippen LogP contribution in [0.4, 0.5) is 5.82 Å². The van der Waals surface area contributed by atoms with E-state index in [2.05, 4.69) is 10.3 Å². The van der Waals surface area contributed by atoms with Crippen molar-refractivity contribution in [3.63, 3.8) is 0 Å². The van der Waals surface area contributed by atoms with E-state index >= 15 is 0 Å². The van der Waals surface area contributed by atoms with Gasteiger partial charge >= 0.3 is 5.97 Å². The third kappa shape index (κ3) is 4.05. The maximum Gasteiger partial charge on any atom is 0.335 e. The fourth-order valence-electron chi connectivity index (χ4n) is 2.95. The first kappa shape index (κ1) is 19.6. The van der Waals surface area contributed by atoms with Crippen molar-refractivity contribution in [2.24, 2.45) is 0 Å². The predicted octanol–water partition coefficient (Wildman–Crippen LogP) is 6.28. The number of nitrogens with zero attached hydrogens (tertiary/aromatic N) is 2. The minimum atomic E-state index is -0.969. The van der Waals surface area contributed by atoms with E-state index in [4.69, 9.17) is 33.3 Å². The Kier molecular flexibility index (Phi) is 5.41. The Morgan fingerprint density at radius 1 is 1.14 bits per heavy atom. The number of hydrogen-bond donors (Lipinski definition) is 2. The second-order valence-electron chi connectivity index (χ2n) is 6.47. The van der Waals surface area contributed by atoms with E-state index < -0.39 is 5.97 Å². The van der Waals surface area contributed by atoms with Gasteiger partial charge in [-0.15, -0.1) is 11.3 Å². The van der Waals surface area contributed by atoms with Crippen molar-refractivity contribution in [2.75, 3.05) is 5.32 Å². The summed E-state index contributed by atoms with van der Waals surface area (Å²) in [7, 11) is 0. The van der Waals surface area contributed by atoms with Crippen molar-refractivity contribution >= 4 is 56.5 Å².